The van der Waals surface area contributed by atoms with Crippen molar-refractivity contribution in [2.45, 2.75) is 26.6 Å². The molecule has 19 heavy (non-hydrogen) atoms. The second kappa shape index (κ2) is 8.65. The number of nitrogens with two attached hydrogens (primary N) is 1. The Morgan fingerprint density at radius 3 is 2.89 bits per heavy atom. The van der Waals surface area contributed by atoms with Gasteiger partial charge in [-0.05, 0) is 31.5 Å². The summed E-state index contributed by atoms with van der Waals surface area (Å²) < 4.78 is 24.1. The van der Waals surface area contributed by atoms with Gasteiger partial charge in [0.15, 0.2) is 0 Å². The molecule has 104 valence electrons. The van der Waals surface area contributed by atoms with Crippen LogP contribution in [0.1, 0.15) is 25.0 Å². The third kappa shape index (κ3) is 5.84. The predicted molar refractivity (Wildman–Crippen MR) is 73.1 cm³/mol. The maximum absolute atomic E-state index is 13.2. The third-order valence-electron chi connectivity index (χ3n) is 2.48. The molecular weight excluding hydrogens is 245 g/mol. The van der Waals surface area contributed by atoms with E-state index in [-0.39, 0.29) is 18.5 Å². The van der Waals surface area contributed by atoms with Crippen molar-refractivity contribution in [1.29, 1.82) is 0 Å². The molecule has 1 aromatic carbocycles. The number of rotatable bonds is 6. The molecule has 0 aromatic heterocycles. The molecule has 0 aliphatic rings. The Hall–Kier alpha value is -1.41. The minimum atomic E-state index is -0.313. The Bertz CT molecular complexity index is 451. The number of hydrogen-bond donors (Lipinski definition) is 1. The zero-order valence-electron chi connectivity index (χ0n) is 11.4. The first kappa shape index (κ1) is 15.6. The molecule has 0 spiro atoms. The summed E-state index contributed by atoms with van der Waals surface area (Å²) in [6.45, 7) is 5.71. The monoisotopic (exact) mass is 265 g/mol. The Morgan fingerprint density at radius 1 is 1.42 bits per heavy atom. The average Bonchev–Trinajstić information content (AvgIpc) is 2.41. The normalized spacial score (nSPS) is 11.8. The summed E-state index contributed by atoms with van der Waals surface area (Å²) in [5, 5.41) is 0. The second-order valence-corrected chi connectivity index (χ2v) is 4.09. The van der Waals surface area contributed by atoms with Crippen LogP contribution in [0.3, 0.4) is 0 Å². The molecule has 0 heterocycles. The summed E-state index contributed by atoms with van der Waals surface area (Å²) in [6.07, 6.45) is -0.0136. The number of ether oxygens (including phenoxy) is 2. The summed E-state index contributed by atoms with van der Waals surface area (Å²) in [4.78, 5) is 0. The maximum Gasteiger partial charge on any atom is 0.124 e. The zero-order valence-corrected chi connectivity index (χ0v) is 11.4. The van der Waals surface area contributed by atoms with Crippen LogP contribution in [0.5, 0.6) is 0 Å². The fourth-order valence-corrected chi connectivity index (χ4v) is 1.50. The van der Waals surface area contributed by atoms with Crippen LogP contribution in [0.2, 0.25) is 0 Å². The van der Waals surface area contributed by atoms with Crippen molar-refractivity contribution in [1.82, 2.24) is 0 Å². The Balaban J connectivity index is 2.66. The molecule has 0 amide bonds. The van der Waals surface area contributed by atoms with E-state index >= 15 is 0 Å². The third-order valence-corrected chi connectivity index (χ3v) is 2.48. The van der Waals surface area contributed by atoms with Crippen molar-refractivity contribution < 1.29 is 13.9 Å². The van der Waals surface area contributed by atoms with Gasteiger partial charge in [-0.15, -0.1) is 0 Å². The molecule has 1 atom stereocenters. The van der Waals surface area contributed by atoms with Crippen LogP contribution in [0.4, 0.5) is 4.39 Å². The molecule has 0 saturated carbocycles. The van der Waals surface area contributed by atoms with Gasteiger partial charge in [-0.2, -0.15) is 0 Å². The highest BCUT2D eigenvalue weighted by Crippen LogP contribution is 2.12. The highest BCUT2D eigenvalue weighted by atomic mass is 19.1. The summed E-state index contributed by atoms with van der Waals surface area (Å²) in [6, 6.07) is 4.48. The first-order valence-electron chi connectivity index (χ1n) is 6.34. The van der Waals surface area contributed by atoms with Crippen LogP contribution < -0.4 is 5.73 Å². The van der Waals surface area contributed by atoms with Crippen molar-refractivity contribution in [2.75, 3.05) is 19.8 Å². The van der Waals surface area contributed by atoms with Crippen molar-refractivity contribution >= 4 is 0 Å². The van der Waals surface area contributed by atoms with Gasteiger partial charge >= 0.3 is 0 Å². The highest BCUT2D eigenvalue weighted by Gasteiger charge is 2.06. The van der Waals surface area contributed by atoms with Crippen molar-refractivity contribution in [3.63, 3.8) is 0 Å². The molecule has 0 radical (unpaired) electrons. The van der Waals surface area contributed by atoms with Gasteiger partial charge in [0.05, 0.1) is 25.9 Å². The molecule has 0 aliphatic heterocycles. The molecule has 4 heteroatoms. The molecule has 1 aromatic rings. The lowest BCUT2D eigenvalue weighted by molar-refractivity contribution is -0.0117. The van der Waals surface area contributed by atoms with Crippen LogP contribution >= 0.6 is 0 Å². The topological polar surface area (TPSA) is 44.5 Å². The molecular formula is C15H20FNO2. The van der Waals surface area contributed by atoms with Gasteiger partial charge in [-0.3, -0.25) is 0 Å². The van der Waals surface area contributed by atoms with E-state index in [0.29, 0.717) is 25.4 Å². The predicted octanol–water partition coefficient (Wildman–Crippen LogP) is 2.08. The minimum absolute atomic E-state index is 0.0136. The Kier molecular flexibility index (Phi) is 7.12. The van der Waals surface area contributed by atoms with Gasteiger partial charge in [0.25, 0.3) is 0 Å². The molecule has 2 N–H and O–H groups in total. The average molecular weight is 265 g/mol. The summed E-state index contributed by atoms with van der Waals surface area (Å²) in [5.41, 5.74) is 6.80. The van der Waals surface area contributed by atoms with E-state index in [1.54, 1.807) is 6.07 Å². The van der Waals surface area contributed by atoms with E-state index in [4.69, 9.17) is 15.2 Å². The lowest BCUT2D eigenvalue weighted by Gasteiger charge is -2.13. The summed E-state index contributed by atoms with van der Waals surface area (Å²) >= 11 is 0. The number of hydrogen-bond acceptors (Lipinski definition) is 3. The van der Waals surface area contributed by atoms with E-state index in [9.17, 15) is 4.39 Å². The highest BCUT2D eigenvalue weighted by molar-refractivity contribution is 5.41. The van der Waals surface area contributed by atoms with E-state index in [0.717, 1.165) is 5.56 Å². The minimum Gasteiger partial charge on any atom is -0.379 e. The second-order valence-electron chi connectivity index (χ2n) is 4.09. The van der Waals surface area contributed by atoms with Crippen LogP contribution in [-0.4, -0.2) is 25.9 Å². The van der Waals surface area contributed by atoms with Gasteiger partial charge in [-0.25, -0.2) is 4.39 Å². The Labute approximate surface area is 113 Å². The number of benzene rings is 1. The standard InChI is InChI=1S/C15H20FNO2/c1-3-18-10-12(2)19-11-14-6-7-15(16)9-13(14)5-4-8-17/h6-7,9,12H,3,8,10-11,17H2,1-2H3. The van der Waals surface area contributed by atoms with Crippen molar-refractivity contribution in [3.8, 4) is 11.8 Å². The molecule has 0 fully saturated rings. The quantitative estimate of drug-likeness (QED) is 0.801. The smallest absolute Gasteiger partial charge is 0.124 e. The fraction of sp³-hybridized carbons (Fsp3) is 0.467. The largest absolute Gasteiger partial charge is 0.379 e. The van der Waals surface area contributed by atoms with Crippen LogP contribution in [0.15, 0.2) is 18.2 Å². The number of halogens is 1. The van der Waals surface area contributed by atoms with Crippen LogP contribution in [0.25, 0.3) is 0 Å². The molecule has 0 saturated heterocycles. The lowest BCUT2D eigenvalue weighted by atomic mass is 10.1. The molecule has 1 unspecified atom stereocenters. The van der Waals surface area contributed by atoms with E-state index in [1.807, 2.05) is 13.8 Å². The Morgan fingerprint density at radius 2 is 2.21 bits per heavy atom. The molecule has 0 aliphatic carbocycles. The first-order valence-corrected chi connectivity index (χ1v) is 6.34. The maximum atomic E-state index is 13.2. The van der Waals surface area contributed by atoms with Crippen molar-refractivity contribution in [3.05, 3.63) is 35.1 Å². The van der Waals surface area contributed by atoms with Crippen LogP contribution in [0, 0.1) is 17.7 Å². The summed E-state index contributed by atoms with van der Waals surface area (Å²) in [5.74, 6) is 5.27. The summed E-state index contributed by atoms with van der Waals surface area (Å²) in [7, 11) is 0. The molecule has 0 bridgehead atoms. The van der Waals surface area contributed by atoms with Gasteiger partial charge in [0.2, 0.25) is 0 Å². The SMILES string of the molecule is CCOCC(C)OCc1ccc(F)cc1C#CCN. The van der Waals surface area contributed by atoms with Crippen molar-refractivity contribution in [2.24, 2.45) is 5.73 Å². The molecule has 3 nitrogen and oxygen atoms in total. The van der Waals surface area contributed by atoms with Gasteiger partial charge in [0.1, 0.15) is 5.82 Å². The van der Waals surface area contributed by atoms with E-state index in [2.05, 4.69) is 11.8 Å². The lowest BCUT2D eigenvalue weighted by Crippen LogP contribution is -2.16. The fourth-order valence-electron chi connectivity index (χ4n) is 1.50. The van der Waals surface area contributed by atoms with Crippen LogP contribution in [-0.2, 0) is 16.1 Å². The first-order chi connectivity index (χ1) is 9.17. The van der Waals surface area contributed by atoms with Gasteiger partial charge in [-0.1, -0.05) is 17.9 Å². The van der Waals surface area contributed by atoms with Gasteiger partial charge < -0.3 is 15.2 Å². The zero-order chi connectivity index (χ0) is 14.1. The van der Waals surface area contributed by atoms with E-state index in [1.165, 1.54) is 12.1 Å². The van der Waals surface area contributed by atoms with E-state index < -0.39 is 0 Å². The van der Waals surface area contributed by atoms with Gasteiger partial charge in [0, 0.05) is 12.2 Å². The molecule has 1 rings (SSSR count).